The van der Waals surface area contributed by atoms with E-state index in [0.29, 0.717) is 5.56 Å². The number of nitrogens with zero attached hydrogens (tertiary/aromatic N) is 1. The molecule has 1 aromatic carbocycles. The molecule has 1 heterocycles. The molecule has 4 nitrogen and oxygen atoms in total. The van der Waals surface area contributed by atoms with Gasteiger partial charge >= 0.3 is 0 Å². The SMILES string of the molecule is Cc1cc2cc(C(=O)N[C@@H](C)CN(C)C)ccc2o1. The lowest BCUT2D eigenvalue weighted by molar-refractivity contribution is 0.0934. The zero-order valence-corrected chi connectivity index (χ0v) is 11.9. The second-order valence-electron chi connectivity index (χ2n) is 5.25. The van der Waals surface area contributed by atoms with Crippen molar-refractivity contribution in [3.63, 3.8) is 0 Å². The van der Waals surface area contributed by atoms with E-state index in [-0.39, 0.29) is 11.9 Å². The molecule has 0 spiro atoms. The molecule has 1 amide bonds. The van der Waals surface area contributed by atoms with Crippen molar-refractivity contribution in [2.75, 3.05) is 20.6 Å². The second-order valence-corrected chi connectivity index (χ2v) is 5.25. The molecule has 1 aromatic heterocycles. The smallest absolute Gasteiger partial charge is 0.251 e. The van der Waals surface area contributed by atoms with Gasteiger partial charge in [-0.05, 0) is 52.2 Å². The third-order valence-corrected chi connectivity index (χ3v) is 2.92. The molecule has 0 aliphatic rings. The molecule has 0 bridgehead atoms. The van der Waals surface area contributed by atoms with E-state index in [1.54, 1.807) is 6.07 Å². The van der Waals surface area contributed by atoms with Crippen molar-refractivity contribution < 1.29 is 9.21 Å². The summed E-state index contributed by atoms with van der Waals surface area (Å²) < 4.78 is 5.50. The third-order valence-electron chi connectivity index (χ3n) is 2.92. The van der Waals surface area contributed by atoms with Gasteiger partial charge in [-0.2, -0.15) is 0 Å². The molecule has 0 aliphatic carbocycles. The van der Waals surface area contributed by atoms with E-state index in [1.165, 1.54) is 0 Å². The fourth-order valence-corrected chi connectivity index (χ4v) is 2.22. The van der Waals surface area contributed by atoms with Crippen LogP contribution >= 0.6 is 0 Å². The molecule has 0 radical (unpaired) electrons. The third kappa shape index (κ3) is 3.35. The van der Waals surface area contributed by atoms with E-state index in [9.17, 15) is 4.79 Å². The molecule has 1 atom stereocenters. The Morgan fingerprint density at radius 3 is 2.79 bits per heavy atom. The molecule has 0 fully saturated rings. The number of nitrogens with one attached hydrogen (secondary N) is 1. The maximum atomic E-state index is 12.1. The number of amides is 1. The molecule has 2 aromatic rings. The average Bonchev–Trinajstić information content (AvgIpc) is 2.66. The van der Waals surface area contributed by atoms with Crippen molar-refractivity contribution in [2.24, 2.45) is 0 Å². The molecule has 1 N–H and O–H groups in total. The van der Waals surface area contributed by atoms with Gasteiger partial charge in [-0.3, -0.25) is 4.79 Å². The van der Waals surface area contributed by atoms with Crippen LogP contribution in [0.15, 0.2) is 28.7 Å². The monoisotopic (exact) mass is 260 g/mol. The fraction of sp³-hybridized carbons (Fsp3) is 0.400. The van der Waals surface area contributed by atoms with Crippen LogP contribution < -0.4 is 5.32 Å². The van der Waals surface area contributed by atoms with Gasteiger partial charge in [-0.1, -0.05) is 0 Å². The standard InChI is InChI=1S/C15H20N2O2/c1-10(9-17(3)4)16-15(18)12-5-6-14-13(8-12)7-11(2)19-14/h5-8,10H,9H2,1-4H3,(H,16,18)/t10-/m0/s1. The number of rotatable bonds is 4. The van der Waals surface area contributed by atoms with E-state index >= 15 is 0 Å². The summed E-state index contributed by atoms with van der Waals surface area (Å²) in [4.78, 5) is 14.2. The van der Waals surface area contributed by atoms with Crippen LogP contribution in [0.4, 0.5) is 0 Å². The van der Waals surface area contributed by atoms with Crippen LogP contribution in [0.1, 0.15) is 23.0 Å². The summed E-state index contributed by atoms with van der Waals surface area (Å²) in [5.41, 5.74) is 1.48. The minimum absolute atomic E-state index is 0.0462. The first kappa shape index (κ1) is 13.6. The molecular weight excluding hydrogens is 240 g/mol. The lowest BCUT2D eigenvalue weighted by atomic mass is 10.1. The van der Waals surface area contributed by atoms with Gasteiger partial charge in [0.1, 0.15) is 11.3 Å². The number of aryl methyl sites for hydroxylation is 1. The van der Waals surface area contributed by atoms with Gasteiger partial charge in [0.25, 0.3) is 5.91 Å². The first-order valence-corrected chi connectivity index (χ1v) is 6.41. The van der Waals surface area contributed by atoms with Crippen molar-refractivity contribution >= 4 is 16.9 Å². The summed E-state index contributed by atoms with van der Waals surface area (Å²) >= 11 is 0. The largest absolute Gasteiger partial charge is 0.461 e. The highest BCUT2D eigenvalue weighted by Gasteiger charge is 2.11. The molecular formula is C15H20N2O2. The molecule has 0 saturated carbocycles. The predicted molar refractivity (Wildman–Crippen MR) is 76.4 cm³/mol. The van der Waals surface area contributed by atoms with Gasteiger partial charge in [-0.15, -0.1) is 0 Å². The molecule has 0 saturated heterocycles. The molecule has 0 unspecified atom stereocenters. The lowest BCUT2D eigenvalue weighted by Gasteiger charge is -2.18. The Kier molecular flexibility index (Phi) is 3.90. The number of benzene rings is 1. The molecule has 4 heteroatoms. The van der Waals surface area contributed by atoms with Crippen LogP contribution in [-0.2, 0) is 0 Å². The molecule has 19 heavy (non-hydrogen) atoms. The van der Waals surface area contributed by atoms with Crippen molar-refractivity contribution in [3.8, 4) is 0 Å². The van der Waals surface area contributed by atoms with Crippen LogP contribution in [0, 0.1) is 6.92 Å². The van der Waals surface area contributed by atoms with Gasteiger partial charge in [-0.25, -0.2) is 0 Å². The van der Waals surface area contributed by atoms with E-state index < -0.39 is 0 Å². The fourth-order valence-electron chi connectivity index (χ4n) is 2.22. The first-order chi connectivity index (χ1) is 8.95. The Morgan fingerprint density at radius 1 is 1.37 bits per heavy atom. The van der Waals surface area contributed by atoms with Crippen LogP contribution in [-0.4, -0.2) is 37.5 Å². The van der Waals surface area contributed by atoms with Crippen LogP contribution in [0.2, 0.25) is 0 Å². The summed E-state index contributed by atoms with van der Waals surface area (Å²) in [5.74, 6) is 0.809. The average molecular weight is 260 g/mol. The quantitative estimate of drug-likeness (QED) is 0.918. The van der Waals surface area contributed by atoms with Crippen molar-refractivity contribution in [1.29, 1.82) is 0 Å². The van der Waals surface area contributed by atoms with Gasteiger partial charge in [0.15, 0.2) is 0 Å². The summed E-state index contributed by atoms with van der Waals surface area (Å²) in [7, 11) is 3.98. The van der Waals surface area contributed by atoms with Crippen LogP contribution in [0.3, 0.4) is 0 Å². The Bertz CT molecular complexity index is 587. The number of fused-ring (bicyclic) bond motifs is 1. The van der Waals surface area contributed by atoms with E-state index in [0.717, 1.165) is 23.3 Å². The Hall–Kier alpha value is -1.81. The van der Waals surface area contributed by atoms with Crippen molar-refractivity contribution in [2.45, 2.75) is 19.9 Å². The van der Waals surface area contributed by atoms with Crippen LogP contribution in [0.5, 0.6) is 0 Å². The second kappa shape index (κ2) is 5.45. The maximum Gasteiger partial charge on any atom is 0.251 e. The Morgan fingerprint density at radius 2 is 2.11 bits per heavy atom. The van der Waals surface area contributed by atoms with Crippen LogP contribution in [0.25, 0.3) is 11.0 Å². The highest BCUT2D eigenvalue weighted by atomic mass is 16.3. The number of hydrogen-bond donors (Lipinski definition) is 1. The summed E-state index contributed by atoms with van der Waals surface area (Å²) in [6.45, 7) is 4.72. The van der Waals surface area contributed by atoms with E-state index in [2.05, 4.69) is 5.32 Å². The number of carbonyl (C=O) groups excluding carboxylic acids is 1. The topological polar surface area (TPSA) is 45.5 Å². The summed E-state index contributed by atoms with van der Waals surface area (Å²) in [6, 6.07) is 7.56. The van der Waals surface area contributed by atoms with Crippen molar-refractivity contribution in [1.82, 2.24) is 10.2 Å². The first-order valence-electron chi connectivity index (χ1n) is 6.41. The number of carbonyl (C=O) groups is 1. The summed E-state index contributed by atoms with van der Waals surface area (Å²) in [5, 5.41) is 3.95. The Labute approximate surface area is 113 Å². The molecule has 102 valence electrons. The van der Waals surface area contributed by atoms with Crippen molar-refractivity contribution in [3.05, 3.63) is 35.6 Å². The summed E-state index contributed by atoms with van der Waals surface area (Å²) in [6.07, 6.45) is 0. The zero-order chi connectivity index (χ0) is 14.0. The predicted octanol–water partition coefficient (Wildman–Crippen LogP) is 2.42. The zero-order valence-electron chi connectivity index (χ0n) is 11.9. The highest BCUT2D eigenvalue weighted by Crippen LogP contribution is 2.20. The highest BCUT2D eigenvalue weighted by molar-refractivity contribution is 5.97. The number of likely N-dealkylation sites (N-methyl/N-ethyl adjacent to an activating group) is 1. The van der Waals surface area contributed by atoms with Gasteiger partial charge in [0.05, 0.1) is 0 Å². The number of hydrogen-bond acceptors (Lipinski definition) is 3. The molecule has 2 rings (SSSR count). The molecule has 0 aliphatic heterocycles. The van der Waals surface area contributed by atoms with E-state index in [4.69, 9.17) is 4.42 Å². The number of furan rings is 1. The van der Waals surface area contributed by atoms with Gasteiger partial charge in [0.2, 0.25) is 0 Å². The lowest BCUT2D eigenvalue weighted by Crippen LogP contribution is -2.39. The minimum Gasteiger partial charge on any atom is -0.461 e. The minimum atomic E-state index is -0.0462. The maximum absolute atomic E-state index is 12.1. The van der Waals surface area contributed by atoms with Gasteiger partial charge < -0.3 is 14.6 Å². The van der Waals surface area contributed by atoms with Gasteiger partial charge in [0, 0.05) is 23.5 Å². The van der Waals surface area contributed by atoms with E-state index in [1.807, 2.05) is 51.0 Å². The Balaban J connectivity index is 2.12. The normalized spacial score (nSPS) is 12.9.